The van der Waals surface area contributed by atoms with Crippen molar-refractivity contribution in [2.45, 2.75) is 0 Å². The van der Waals surface area contributed by atoms with Gasteiger partial charge in [0.2, 0.25) is 11.6 Å². The molecule has 16 nitrogen and oxygen atoms in total. The average Bonchev–Trinajstić information content (AvgIpc) is 3.09. The number of hydrogen-bond donors (Lipinski definition) is 6. The van der Waals surface area contributed by atoms with Crippen molar-refractivity contribution in [1.82, 2.24) is 0 Å². The number of nitrogens with zero attached hydrogens (tertiary/aromatic N) is 2. The van der Waals surface area contributed by atoms with Crippen molar-refractivity contribution in [2.24, 2.45) is 10.2 Å². The van der Waals surface area contributed by atoms with Crippen LogP contribution >= 0.6 is 0 Å². The van der Waals surface area contributed by atoms with E-state index < -0.39 is 53.0 Å². The highest BCUT2D eigenvalue weighted by atomic mass is 32.2. The monoisotopic (exact) mass is 744 g/mol. The molecule has 0 radical (unpaired) electrons. The molecule has 4 aromatic carbocycles. The van der Waals surface area contributed by atoms with E-state index in [1.165, 1.54) is 50.6 Å². The predicted octanol–water partition coefficient (Wildman–Crippen LogP) is 4.32. The van der Waals surface area contributed by atoms with Gasteiger partial charge in [-0.2, -0.15) is 27.0 Å². The Morgan fingerprint density at radius 2 is 0.981 bits per heavy atom. The number of hydrazone groups is 2. The van der Waals surface area contributed by atoms with Gasteiger partial charge >= 0.3 is 0 Å². The molecule has 0 atom stereocenters. The first-order valence-electron chi connectivity index (χ1n) is 14.9. The first-order chi connectivity index (χ1) is 24.6. The molecule has 4 aromatic rings. The summed E-state index contributed by atoms with van der Waals surface area (Å²) in [5.74, 6) is -1.03. The lowest BCUT2D eigenvalue weighted by Crippen LogP contribution is -2.27. The van der Waals surface area contributed by atoms with Crippen LogP contribution in [0.5, 0.6) is 11.5 Å². The van der Waals surface area contributed by atoms with Crippen LogP contribution in [0.3, 0.4) is 0 Å². The molecule has 2 aliphatic carbocycles. The van der Waals surface area contributed by atoms with Crippen LogP contribution in [0.1, 0.15) is 31.8 Å². The number of rotatable bonds is 9. The minimum Gasteiger partial charge on any atom is -0.494 e. The molecule has 0 saturated carbocycles. The van der Waals surface area contributed by atoms with E-state index in [1.54, 1.807) is 36.4 Å². The van der Waals surface area contributed by atoms with Crippen LogP contribution < -0.4 is 31.8 Å². The van der Waals surface area contributed by atoms with Crippen molar-refractivity contribution >= 4 is 78.1 Å². The average molecular weight is 745 g/mol. The van der Waals surface area contributed by atoms with Gasteiger partial charge in [-0.15, -0.1) is 0 Å². The third-order valence-corrected chi connectivity index (χ3v) is 9.71. The second-order valence-electron chi connectivity index (χ2n) is 11.3. The van der Waals surface area contributed by atoms with Gasteiger partial charge in [0, 0.05) is 22.5 Å². The van der Waals surface area contributed by atoms with Gasteiger partial charge in [-0.3, -0.25) is 29.5 Å². The Hall–Kier alpha value is -6.34. The van der Waals surface area contributed by atoms with Gasteiger partial charge in [-0.05, 0) is 95.1 Å². The number of nitrogens with one attached hydrogen (secondary N) is 2. The molecule has 18 heteroatoms. The lowest BCUT2D eigenvalue weighted by atomic mass is 9.94. The summed E-state index contributed by atoms with van der Waals surface area (Å²) >= 11 is 0. The zero-order valence-corrected chi connectivity index (χ0v) is 28.7. The molecule has 0 spiro atoms. The molecule has 8 N–H and O–H groups in total. The molecular formula is C34H28N6O10S2. The number of allylic oxidation sites excluding steroid dienone is 2. The van der Waals surface area contributed by atoms with Gasteiger partial charge in [0.15, 0.2) is 11.4 Å². The van der Waals surface area contributed by atoms with Crippen LogP contribution in [-0.4, -0.2) is 63.2 Å². The van der Waals surface area contributed by atoms with E-state index in [1.807, 2.05) is 0 Å². The van der Waals surface area contributed by atoms with Crippen molar-refractivity contribution < 1.29 is 45.0 Å². The quantitative estimate of drug-likeness (QED) is 0.0792. The Labute approximate surface area is 296 Å². The molecule has 52 heavy (non-hydrogen) atoms. The van der Waals surface area contributed by atoms with E-state index in [0.29, 0.717) is 22.5 Å². The van der Waals surface area contributed by atoms with Gasteiger partial charge in [0.05, 0.1) is 25.6 Å². The maximum Gasteiger partial charge on any atom is 0.296 e. The Kier molecular flexibility index (Phi) is 9.15. The van der Waals surface area contributed by atoms with Gasteiger partial charge < -0.3 is 20.9 Å². The second-order valence-corrected chi connectivity index (χ2v) is 14.1. The minimum absolute atomic E-state index is 0.138. The molecule has 2 aliphatic rings. The Bertz CT molecular complexity index is 2380. The van der Waals surface area contributed by atoms with Crippen LogP contribution in [0.15, 0.2) is 92.8 Å². The van der Waals surface area contributed by atoms with Crippen LogP contribution in [0.2, 0.25) is 0 Å². The number of benzene rings is 4. The lowest BCUT2D eigenvalue weighted by molar-refractivity contribution is 0.105. The normalized spacial score (nSPS) is 15.8. The molecule has 0 aliphatic heterocycles. The molecule has 0 bridgehead atoms. The maximum absolute atomic E-state index is 13.2. The number of nitrogens with two attached hydrogens (primary N) is 2. The zero-order chi connectivity index (χ0) is 37.5. The van der Waals surface area contributed by atoms with Crippen molar-refractivity contribution in [3.8, 4) is 22.6 Å². The summed E-state index contributed by atoms with van der Waals surface area (Å²) in [4.78, 5) is 25.0. The summed E-state index contributed by atoms with van der Waals surface area (Å²) in [5.41, 5.74) is 18.7. The molecule has 0 heterocycles. The first kappa shape index (κ1) is 35.5. The van der Waals surface area contributed by atoms with E-state index in [2.05, 4.69) is 21.1 Å². The predicted molar refractivity (Wildman–Crippen MR) is 197 cm³/mol. The van der Waals surface area contributed by atoms with E-state index >= 15 is 0 Å². The van der Waals surface area contributed by atoms with Gasteiger partial charge in [0.1, 0.15) is 21.3 Å². The fourth-order valence-corrected chi connectivity index (χ4v) is 6.79. The van der Waals surface area contributed by atoms with E-state index in [9.17, 15) is 35.5 Å². The van der Waals surface area contributed by atoms with Crippen molar-refractivity contribution in [2.75, 3.05) is 36.5 Å². The molecule has 0 unspecified atom stereocenters. The van der Waals surface area contributed by atoms with Crippen LogP contribution in [0.25, 0.3) is 23.3 Å². The second kappa shape index (κ2) is 13.4. The highest BCUT2D eigenvalue weighted by Crippen LogP contribution is 2.36. The molecule has 266 valence electrons. The smallest absolute Gasteiger partial charge is 0.296 e. The largest absolute Gasteiger partial charge is 0.494 e. The molecular weight excluding hydrogens is 717 g/mol. The lowest BCUT2D eigenvalue weighted by Gasteiger charge is -2.17. The summed E-state index contributed by atoms with van der Waals surface area (Å²) in [5, 5.41) is 8.05. The maximum atomic E-state index is 13.2. The standard InChI is InChI=1S/C34H28N6O10S2/c1-49-27-13-17(3-9-25(27)37-39-31-29(51(43,44)45)15-19-11-21(35)5-7-23(19)33(31)41)18-4-10-26(28(14-18)50-2)38-40-32-30(52(46,47)48)16-20-12-22(36)6-8-24(20)34(32)42/h3-16,37-38H,35-36H2,1-2H3,(H,43,44,45)(H,46,47,48)/b39-31-,40-32-. The topological polar surface area (TPSA) is 262 Å². The Balaban J connectivity index is 1.28. The number of methoxy groups -OCH3 is 2. The number of ether oxygens (including phenoxy) is 2. The van der Waals surface area contributed by atoms with Crippen molar-refractivity contribution in [3.05, 3.63) is 105 Å². The first-order valence-corrected chi connectivity index (χ1v) is 17.8. The summed E-state index contributed by atoms with van der Waals surface area (Å²) in [6.07, 6.45) is 2.21. The Morgan fingerprint density at radius 3 is 1.33 bits per heavy atom. The van der Waals surface area contributed by atoms with E-state index in [-0.39, 0.29) is 45.1 Å². The number of hydrogen-bond acceptors (Lipinski definition) is 14. The van der Waals surface area contributed by atoms with Gasteiger partial charge in [0.25, 0.3) is 20.2 Å². The van der Waals surface area contributed by atoms with E-state index in [4.69, 9.17) is 20.9 Å². The number of carbonyl (C=O) groups is 2. The minimum atomic E-state index is -4.86. The van der Waals surface area contributed by atoms with Gasteiger partial charge in [-0.25, -0.2) is 0 Å². The number of nitrogen functional groups attached to an aromatic ring is 2. The summed E-state index contributed by atoms with van der Waals surface area (Å²) in [6.45, 7) is 0. The highest BCUT2D eigenvalue weighted by molar-refractivity contribution is 7.91. The number of ketones is 2. The number of Topliss-reactive ketones (excluding diaryl/α,β-unsaturated/α-hetero) is 2. The molecule has 0 amide bonds. The third-order valence-electron chi connectivity index (χ3n) is 7.98. The third kappa shape index (κ3) is 6.86. The SMILES string of the molecule is COc1cc(-c2ccc(N/N=C3\C(=O)c4ccc(N)cc4C=C3S(=O)(=O)O)c(OC)c2)ccc1N/N=C1\C(=O)c2ccc(N)cc2C=C1S(=O)(=O)O. The number of anilines is 4. The zero-order valence-electron chi connectivity index (χ0n) is 27.1. The summed E-state index contributed by atoms with van der Waals surface area (Å²) in [6, 6.07) is 18.3. The highest BCUT2D eigenvalue weighted by Gasteiger charge is 2.34. The molecule has 0 fully saturated rings. The Morgan fingerprint density at radius 1 is 0.596 bits per heavy atom. The summed E-state index contributed by atoms with van der Waals surface area (Å²) < 4.78 is 79.5. The fraction of sp³-hybridized carbons (Fsp3) is 0.0588. The molecule has 0 aromatic heterocycles. The van der Waals surface area contributed by atoms with Crippen molar-refractivity contribution in [3.63, 3.8) is 0 Å². The number of fused-ring (bicyclic) bond motifs is 2. The van der Waals surface area contributed by atoms with Gasteiger partial charge in [-0.1, -0.05) is 12.1 Å². The fourth-order valence-electron chi connectivity index (χ4n) is 5.48. The summed E-state index contributed by atoms with van der Waals surface area (Å²) in [7, 11) is -6.95. The molecule has 6 rings (SSSR count). The van der Waals surface area contributed by atoms with Crippen LogP contribution in [0, 0.1) is 0 Å². The van der Waals surface area contributed by atoms with Crippen LogP contribution in [0.4, 0.5) is 22.7 Å². The van der Waals surface area contributed by atoms with Crippen molar-refractivity contribution in [1.29, 1.82) is 0 Å². The number of carbonyl (C=O) groups excluding carboxylic acids is 2. The molecule has 0 saturated heterocycles. The van der Waals surface area contributed by atoms with E-state index in [0.717, 1.165) is 12.2 Å². The van der Waals surface area contributed by atoms with Crippen LogP contribution in [-0.2, 0) is 20.2 Å².